The van der Waals surface area contributed by atoms with Gasteiger partial charge in [0, 0.05) is 50.0 Å². The number of fused-ring (bicyclic) bond motifs is 1. The van der Waals surface area contributed by atoms with Crippen molar-refractivity contribution < 1.29 is 22.7 Å². The fraction of sp³-hybridized carbons (Fsp3) is 0.357. The van der Waals surface area contributed by atoms with Gasteiger partial charge >= 0.3 is 6.18 Å². The molecule has 2 atom stereocenters. The number of hydrogen-bond acceptors (Lipinski definition) is 6. The summed E-state index contributed by atoms with van der Waals surface area (Å²) in [7, 11) is 1.61. The Hall–Kier alpha value is -3.51. The second-order valence-corrected chi connectivity index (χ2v) is 11.9. The molecule has 1 aliphatic heterocycles. The molecule has 2 aromatic heterocycles. The Morgan fingerprint density at radius 2 is 1.90 bits per heavy atom. The predicted octanol–water partition coefficient (Wildman–Crippen LogP) is 5.57. The molecule has 12 heteroatoms. The fourth-order valence-electron chi connectivity index (χ4n) is 5.13. The van der Waals surface area contributed by atoms with Crippen LogP contribution in [0.25, 0.3) is 22.3 Å². The predicted molar refractivity (Wildman–Crippen MR) is 151 cm³/mol. The van der Waals surface area contributed by atoms with Crippen molar-refractivity contribution in [3.8, 4) is 17.0 Å². The van der Waals surface area contributed by atoms with E-state index >= 15 is 4.39 Å². The van der Waals surface area contributed by atoms with Crippen LogP contribution < -0.4 is 4.90 Å². The summed E-state index contributed by atoms with van der Waals surface area (Å²) in [6.45, 7) is 5.41. The second kappa shape index (κ2) is 10.8. The third-order valence-corrected chi connectivity index (χ3v) is 9.21. The Kier molecular flexibility index (Phi) is 7.58. The maximum atomic E-state index is 15.1. The molecular formula is C28H30F4N6OS. The Morgan fingerprint density at radius 1 is 1.18 bits per heavy atom. The third kappa shape index (κ3) is 5.17. The van der Waals surface area contributed by atoms with Gasteiger partial charge in [-0.25, -0.2) is 14.1 Å². The normalized spacial score (nSPS) is 17.6. The highest BCUT2D eigenvalue weighted by Gasteiger charge is 2.36. The van der Waals surface area contributed by atoms with E-state index in [9.17, 15) is 18.3 Å². The van der Waals surface area contributed by atoms with E-state index in [0.717, 1.165) is 26.4 Å². The SMILES string of the molecule is C/C=S(\C)N1CCN(c2ncc3c(-c4cc(C(F)(F)F)c(C)c(O)c4F)nn(C)c3n2)[C@H](Cc2ccccc2)C1. The number of alkyl halides is 3. The van der Waals surface area contributed by atoms with Crippen molar-refractivity contribution in [3.05, 3.63) is 65.1 Å². The molecule has 0 radical (unpaired) electrons. The zero-order valence-corrected chi connectivity index (χ0v) is 23.4. The number of aromatic nitrogens is 4. The number of hydrogen-bond donors (Lipinski definition) is 1. The number of rotatable bonds is 5. The monoisotopic (exact) mass is 574 g/mol. The number of phenols is 1. The van der Waals surface area contributed by atoms with E-state index in [0.29, 0.717) is 24.2 Å². The van der Waals surface area contributed by atoms with E-state index in [2.05, 4.69) is 50.0 Å². The molecule has 5 rings (SSSR count). The number of benzene rings is 2. The summed E-state index contributed by atoms with van der Waals surface area (Å²) in [6, 6.07) is 10.9. The fourth-order valence-corrected chi connectivity index (χ4v) is 6.21. The van der Waals surface area contributed by atoms with Crippen molar-refractivity contribution >= 4 is 33.0 Å². The number of halogens is 4. The van der Waals surface area contributed by atoms with Crippen molar-refractivity contribution in [1.29, 1.82) is 0 Å². The molecule has 40 heavy (non-hydrogen) atoms. The molecule has 0 amide bonds. The standard InChI is InChI=1S/C28H30F4N6OS/c1-5-40(4)37-11-12-38(19(16-37)13-18-9-7-6-8-10-18)27-33-15-21-24(35-36(3)26(21)34-27)20-14-22(28(30,31)32)17(2)25(39)23(20)29/h5-10,14-15,19,39H,11-13,16H2,1-4H3/t19-,40?/m1/s1. The molecule has 4 aromatic rings. The zero-order valence-electron chi connectivity index (χ0n) is 22.6. The van der Waals surface area contributed by atoms with Crippen molar-refractivity contribution in [2.45, 2.75) is 32.5 Å². The van der Waals surface area contributed by atoms with Crippen molar-refractivity contribution in [2.75, 3.05) is 30.8 Å². The average molecular weight is 575 g/mol. The molecule has 0 spiro atoms. The molecule has 3 heterocycles. The lowest BCUT2D eigenvalue weighted by Gasteiger charge is -2.42. The first-order chi connectivity index (χ1) is 19.0. The lowest BCUT2D eigenvalue weighted by atomic mass is 9.99. The van der Waals surface area contributed by atoms with Gasteiger partial charge in [0.2, 0.25) is 5.95 Å². The van der Waals surface area contributed by atoms with Gasteiger partial charge in [-0.3, -0.25) is 4.31 Å². The van der Waals surface area contributed by atoms with Gasteiger partial charge in [0.15, 0.2) is 17.2 Å². The molecule has 1 N–H and O–H groups in total. The van der Waals surface area contributed by atoms with Crippen LogP contribution in [0.3, 0.4) is 0 Å². The molecule has 1 fully saturated rings. The second-order valence-electron chi connectivity index (χ2n) is 9.82. The molecule has 1 unspecified atom stereocenters. The van der Waals surface area contributed by atoms with Crippen LogP contribution in [0, 0.1) is 12.7 Å². The van der Waals surface area contributed by atoms with Gasteiger partial charge in [0.25, 0.3) is 0 Å². The average Bonchev–Trinajstić information content (AvgIpc) is 3.26. The maximum absolute atomic E-state index is 15.1. The topological polar surface area (TPSA) is 70.3 Å². The molecule has 0 saturated carbocycles. The van der Waals surface area contributed by atoms with Crippen LogP contribution in [0.4, 0.5) is 23.5 Å². The van der Waals surface area contributed by atoms with E-state index in [-0.39, 0.29) is 27.8 Å². The minimum Gasteiger partial charge on any atom is -0.505 e. The van der Waals surface area contributed by atoms with Gasteiger partial charge in [-0.2, -0.15) is 23.3 Å². The summed E-state index contributed by atoms with van der Waals surface area (Å²) < 4.78 is 59.8. The van der Waals surface area contributed by atoms with Crippen LogP contribution in [0.5, 0.6) is 5.75 Å². The van der Waals surface area contributed by atoms with Gasteiger partial charge in [-0.15, -0.1) is 10.7 Å². The van der Waals surface area contributed by atoms with Crippen molar-refractivity contribution in [2.24, 2.45) is 7.05 Å². The minimum absolute atomic E-state index is 0.0190. The minimum atomic E-state index is -4.78. The molecule has 2 aromatic carbocycles. The van der Waals surface area contributed by atoms with Crippen LogP contribution >= 0.6 is 10.7 Å². The summed E-state index contributed by atoms with van der Waals surface area (Å²) >= 11 is 0. The number of nitrogens with zero attached hydrogens (tertiary/aromatic N) is 6. The van der Waals surface area contributed by atoms with Crippen LogP contribution in [0.15, 0.2) is 42.6 Å². The van der Waals surface area contributed by atoms with Gasteiger partial charge < -0.3 is 10.0 Å². The summed E-state index contributed by atoms with van der Waals surface area (Å²) in [5.41, 5.74) is -0.688. The molecule has 0 bridgehead atoms. The first-order valence-corrected chi connectivity index (χ1v) is 14.4. The summed E-state index contributed by atoms with van der Waals surface area (Å²) in [4.78, 5) is 11.5. The van der Waals surface area contributed by atoms with Crippen molar-refractivity contribution in [1.82, 2.24) is 24.1 Å². The largest absolute Gasteiger partial charge is 0.505 e. The van der Waals surface area contributed by atoms with Crippen molar-refractivity contribution in [3.63, 3.8) is 0 Å². The molecule has 7 nitrogen and oxygen atoms in total. The summed E-state index contributed by atoms with van der Waals surface area (Å²) in [6.07, 6.45) is -0.326. The molecular weight excluding hydrogens is 544 g/mol. The molecule has 0 aliphatic carbocycles. The number of phenolic OH excluding ortho intramolecular Hbond substituents is 1. The number of aromatic hydroxyl groups is 1. The quantitative estimate of drug-likeness (QED) is 0.248. The van der Waals surface area contributed by atoms with Gasteiger partial charge in [-0.1, -0.05) is 35.7 Å². The summed E-state index contributed by atoms with van der Waals surface area (Å²) in [5.74, 6) is -1.75. The summed E-state index contributed by atoms with van der Waals surface area (Å²) in [5, 5.41) is 16.9. The number of aryl methyl sites for hydroxylation is 1. The maximum Gasteiger partial charge on any atom is 0.416 e. The lowest BCUT2D eigenvalue weighted by Crippen LogP contribution is -2.53. The highest BCUT2D eigenvalue weighted by atomic mass is 32.2. The molecule has 1 saturated heterocycles. The smallest absolute Gasteiger partial charge is 0.416 e. The van der Waals surface area contributed by atoms with Gasteiger partial charge in [0.1, 0.15) is 5.69 Å². The number of anilines is 1. The zero-order chi connectivity index (χ0) is 28.8. The first kappa shape index (κ1) is 28.0. The Morgan fingerprint density at radius 3 is 2.58 bits per heavy atom. The van der Waals surface area contributed by atoms with Crippen LogP contribution in [0.1, 0.15) is 23.6 Å². The molecule has 212 valence electrons. The lowest BCUT2D eigenvalue weighted by molar-refractivity contribution is -0.138. The first-order valence-electron chi connectivity index (χ1n) is 12.8. The third-order valence-electron chi connectivity index (χ3n) is 7.39. The van der Waals surface area contributed by atoms with Crippen LogP contribution in [-0.4, -0.2) is 66.5 Å². The molecule has 1 aliphatic rings. The Bertz CT molecular complexity index is 1590. The van der Waals surface area contributed by atoms with Crippen LogP contribution in [0.2, 0.25) is 0 Å². The van der Waals surface area contributed by atoms with E-state index in [4.69, 9.17) is 4.98 Å². The van der Waals surface area contributed by atoms with E-state index in [1.54, 1.807) is 7.05 Å². The highest BCUT2D eigenvalue weighted by Crippen LogP contribution is 2.42. The number of piperazine rings is 1. The van der Waals surface area contributed by atoms with E-state index in [1.165, 1.54) is 16.4 Å². The Balaban J connectivity index is 1.56. The van der Waals surface area contributed by atoms with Gasteiger partial charge in [0.05, 0.1) is 10.9 Å². The Labute approximate surface area is 232 Å². The van der Waals surface area contributed by atoms with Crippen LogP contribution in [-0.2, 0) is 19.6 Å². The van der Waals surface area contributed by atoms with Gasteiger partial charge in [-0.05, 0) is 38.2 Å². The highest BCUT2D eigenvalue weighted by molar-refractivity contribution is 8.12. The van der Waals surface area contributed by atoms with E-state index < -0.39 is 34.4 Å². The van der Waals surface area contributed by atoms with E-state index in [1.807, 2.05) is 18.2 Å².